The molecule has 0 spiro atoms. The molecule has 0 fully saturated rings. The molecule has 37 heavy (non-hydrogen) atoms. The molecular formula is C24H39F2N5O4SSi. The van der Waals surface area contributed by atoms with E-state index in [0.29, 0.717) is 12.5 Å². The highest BCUT2D eigenvalue weighted by molar-refractivity contribution is 7.91. The summed E-state index contributed by atoms with van der Waals surface area (Å²) in [6.45, 7) is 16.9. The van der Waals surface area contributed by atoms with E-state index in [9.17, 15) is 17.2 Å². The van der Waals surface area contributed by atoms with Gasteiger partial charge in [-0.05, 0) is 43.5 Å². The Kier molecular flexibility index (Phi) is 9.99. The minimum Gasteiger partial charge on any atom is -0.455 e. The van der Waals surface area contributed by atoms with Crippen LogP contribution in [-0.2, 0) is 14.4 Å². The van der Waals surface area contributed by atoms with Crippen molar-refractivity contribution in [1.82, 2.24) is 15.0 Å². The summed E-state index contributed by atoms with van der Waals surface area (Å²) in [5, 5.41) is 3.25. The van der Waals surface area contributed by atoms with E-state index in [1.54, 1.807) is 0 Å². The first-order chi connectivity index (χ1) is 16.9. The Morgan fingerprint density at radius 3 is 2.24 bits per heavy atom. The summed E-state index contributed by atoms with van der Waals surface area (Å²) in [5.41, 5.74) is -0.0343. The molecule has 2 aromatic rings. The molecule has 0 aliphatic heterocycles. The number of aromatic nitrogens is 3. The minimum atomic E-state index is -3.71. The van der Waals surface area contributed by atoms with Gasteiger partial charge in [0.25, 0.3) is 0 Å². The third kappa shape index (κ3) is 9.45. The lowest BCUT2D eigenvalue weighted by atomic mass is 10.0. The van der Waals surface area contributed by atoms with Crippen molar-refractivity contribution in [3.8, 4) is 6.01 Å². The number of nitrogens with zero attached hydrogens (tertiary/aromatic N) is 3. The first-order valence-electron chi connectivity index (χ1n) is 12.1. The van der Waals surface area contributed by atoms with Gasteiger partial charge < -0.3 is 14.5 Å². The third-order valence-electron chi connectivity index (χ3n) is 6.13. The summed E-state index contributed by atoms with van der Waals surface area (Å²) in [4.78, 5) is 12.5. The van der Waals surface area contributed by atoms with Crippen LogP contribution in [0.1, 0.15) is 59.6 Å². The first kappa shape index (κ1) is 30.8. The van der Waals surface area contributed by atoms with E-state index in [0.717, 1.165) is 18.7 Å². The smallest absolute Gasteiger partial charge is 0.323 e. The van der Waals surface area contributed by atoms with Gasteiger partial charge in [0, 0.05) is 5.56 Å². The van der Waals surface area contributed by atoms with E-state index in [-0.39, 0.29) is 34.6 Å². The van der Waals surface area contributed by atoms with Crippen molar-refractivity contribution in [2.24, 2.45) is 5.92 Å². The van der Waals surface area contributed by atoms with Gasteiger partial charge in [0.1, 0.15) is 6.10 Å². The monoisotopic (exact) mass is 559 g/mol. The fraction of sp³-hybridized carbons (Fsp3) is 0.625. The number of anilines is 2. The zero-order chi connectivity index (χ0) is 28.2. The second-order valence-electron chi connectivity index (χ2n) is 11.1. The van der Waals surface area contributed by atoms with E-state index in [1.807, 2.05) is 0 Å². The van der Waals surface area contributed by atoms with Crippen LogP contribution in [0.4, 0.5) is 20.7 Å². The van der Waals surface area contributed by atoms with E-state index >= 15 is 0 Å². The second-order valence-corrected chi connectivity index (χ2v) is 17.6. The molecule has 2 N–H and O–H groups in total. The minimum absolute atomic E-state index is 0.0262. The zero-order valence-electron chi connectivity index (χ0n) is 23.0. The van der Waals surface area contributed by atoms with E-state index in [2.05, 4.69) is 72.7 Å². The van der Waals surface area contributed by atoms with Crippen molar-refractivity contribution in [2.45, 2.75) is 78.2 Å². The Balaban J connectivity index is 2.37. The number of nitrogens with one attached hydrogen (secondary N) is 2. The first-order valence-corrected chi connectivity index (χ1v) is 16.9. The quantitative estimate of drug-likeness (QED) is 0.327. The summed E-state index contributed by atoms with van der Waals surface area (Å²) in [7, 11) is -5.75. The van der Waals surface area contributed by atoms with Crippen LogP contribution < -0.4 is 14.8 Å². The predicted molar refractivity (Wildman–Crippen MR) is 144 cm³/mol. The molecule has 1 heterocycles. The molecule has 0 radical (unpaired) electrons. The predicted octanol–water partition coefficient (Wildman–Crippen LogP) is 5.51. The number of benzene rings is 1. The van der Waals surface area contributed by atoms with Crippen molar-refractivity contribution < 1.29 is 26.4 Å². The van der Waals surface area contributed by atoms with Crippen LogP contribution in [0.15, 0.2) is 18.2 Å². The van der Waals surface area contributed by atoms with Gasteiger partial charge in [-0.25, -0.2) is 17.2 Å². The molecule has 0 saturated carbocycles. The van der Waals surface area contributed by atoms with Crippen LogP contribution in [0, 0.1) is 17.6 Å². The molecule has 208 valence electrons. The lowest BCUT2D eigenvalue weighted by molar-refractivity contribution is 0.201. The maximum atomic E-state index is 14.3. The van der Waals surface area contributed by atoms with Gasteiger partial charge >= 0.3 is 6.01 Å². The number of hydrogen-bond acceptors (Lipinski definition) is 8. The van der Waals surface area contributed by atoms with Gasteiger partial charge in [-0.1, -0.05) is 46.8 Å². The Hall–Kier alpha value is -2.38. The van der Waals surface area contributed by atoms with Gasteiger partial charge in [-0.2, -0.15) is 15.0 Å². The molecule has 2 unspecified atom stereocenters. The van der Waals surface area contributed by atoms with Gasteiger partial charge in [0.2, 0.25) is 21.9 Å². The highest BCUT2D eigenvalue weighted by Gasteiger charge is 2.37. The van der Waals surface area contributed by atoms with E-state index < -0.39 is 36.1 Å². The number of rotatable bonds is 12. The van der Waals surface area contributed by atoms with Crippen LogP contribution in [0.3, 0.4) is 0 Å². The van der Waals surface area contributed by atoms with E-state index in [4.69, 9.17) is 9.16 Å². The number of halogens is 2. The Morgan fingerprint density at radius 1 is 1.05 bits per heavy atom. The van der Waals surface area contributed by atoms with Crippen LogP contribution in [0.25, 0.3) is 0 Å². The van der Waals surface area contributed by atoms with Gasteiger partial charge in [-0.3, -0.25) is 4.72 Å². The van der Waals surface area contributed by atoms with Crippen molar-refractivity contribution >= 4 is 30.2 Å². The molecule has 1 aromatic carbocycles. The highest BCUT2D eigenvalue weighted by Crippen LogP contribution is 2.36. The third-order valence-corrected chi connectivity index (χ3v) is 11.2. The molecule has 0 aliphatic rings. The molecule has 0 aliphatic carbocycles. The fourth-order valence-corrected chi connectivity index (χ4v) is 4.66. The van der Waals surface area contributed by atoms with Crippen molar-refractivity contribution in [1.29, 1.82) is 0 Å². The summed E-state index contributed by atoms with van der Waals surface area (Å²) < 4.78 is 66.0. The molecule has 0 bridgehead atoms. The number of sulfonamides is 1. The topological polar surface area (TPSA) is 115 Å². The Bertz CT molecular complexity index is 1180. The molecule has 9 nitrogen and oxygen atoms in total. The van der Waals surface area contributed by atoms with Crippen LogP contribution in [-0.4, -0.2) is 50.6 Å². The average molecular weight is 560 g/mol. The Labute approximate surface area is 220 Å². The molecule has 2 rings (SSSR count). The second kappa shape index (κ2) is 12.0. The Morgan fingerprint density at radius 2 is 1.68 bits per heavy atom. The zero-order valence-corrected chi connectivity index (χ0v) is 24.8. The molecule has 13 heteroatoms. The lowest BCUT2D eigenvalue weighted by Crippen LogP contribution is -2.44. The number of hydrogen-bond donors (Lipinski definition) is 2. The van der Waals surface area contributed by atoms with Gasteiger partial charge in [0.05, 0.1) is 18.9 Å². The fourth-order valence-electron chi connectivity index (χ4n) is 3.19. The van der Waals surface area contributed by atoms with Crippen LogP contribution >= 0.6 is 0 Å². The van der Waals surface area contributed by atoms with E-state index in [1.165, 1.54) is 19.1 Å². The molecule has 0 saturated heterocycles. The summed E-state index contributed by atoms with van der Waals surface area (Å²) in [6, 6.07) is 3.31. The van der Waals surface area contributed by atoms with Crippen molar-refractivity contribution in [2.75, 3.05) is 22.9 Å². The highest BCUT2D eigenvalue weighted by atomic mass is 32.2. The average Bonchev–Trinajstić information content (AvgIpc) is 2.71. The van der Waals surface area contributed by atoms with Crippen LogP contribution in [0.5, 0.6) is 6.01 Å². The maximum Gasteiger partial charge on any atom is 0.323 e. The molecule has 0 amide bonds. The summed E-state index contributed by atoms with van der Waals surface area (Å²) in [5.74, 6) is -1.94. The molecular weight excluding hydrogens is 520 g/mol. The standard InChI is InChI=1S/C24H39F2N5O4SSi/c1-15(2)13-17(14-34-37(8,9)24(4,5)6)27-21-28-22(31-36(7,32)33)30-23(29-21)35-16(3)18-11-10-12-19(25)20(18)26/h10-12,15-17H,13-14H2,1-9H3,(H2,27,28,29,30,31). The molecule has 2 atom stereocenters. The lowest BCUT2D eigenvalue weighted by Gasteiger charge is -2.37. The SMILES string of the molecule is CC(C)CC(CO[Si](C)(C)C(C)(C)C)Nc1nc(NS(C)(=O)=O)nc(OC(C)c2cccc(F)c2F)n1. The van der Waals surface area contributed by atoms with Crippen molar-refractivity contribution in [3.63, 3.8) is 0 Å². The van der Waals surface area contributed by atoms with Crippen molar-refractivity contribution in [3.05, 3.63) is 35.4 Å². The summed E-state index contributed by atoms with van der Waals surface area (Å²) >= 11 is 0. The van der Waals surface area contributed by atoms with Gasteiger partial charge in [0.15, 0.2) is 20.0 Å². The molecule has 1 aromatic heterocycles. The van der Waals surface area contributed by atoms with Crippen LogP contribution in [0.2, 0.25) is 18.1 Å². The van der Waals surface area contributed by atoms with Gasteiger partial charge in [-0.15, -0.1) is 0 Å². The largest absolute Gasteiger partial charge is 0.455 e. The normalized spacial score (nSPS) is 14.4. The summed E-state index contributed by atoms with van der Waals surface area (Å²) in [6.07, 6.45) is 0.727. The maximum absolute atomic E-state index is 14.3. The number of ether oxygens (including phenoxy) is 1.